The van der Waals surface area contributed by atoms with Crippen LogP contribution in [-0.4, -0.2) is 22.1 Å². The van der Waals surface area contributed by atoms with Crippen molar-refractivity contribution in [3.63, 3.8) is 0 Å². The molecule has 4 heteroatoms. The molecular weight excluding hydrogens is 256 g/mol. The Morgan fingerprint density at radius 3 is 2.55 bits per heavy atom. The first kappa shape index (κ1) is 15.8. The fourth-order valence-corrected chi connectivity index (χ4v) is 2.02. The van der Waals surface area contributed by atoms with E-state index >= 15 is 0 Å². The van der Waals surface area contributed by atoms with Gasteiger partial charge in [0.05, 0.1) is 11.3 Å². The van der Waals surface area contributed by atoms with E-state index in [0.717, 1.165) is 5.57 Å². The molecule has 0 amide bonds. The van der Waals surface area contributed by atoms with E-state index in [-0.39, 0.29) is 35.1 Å². The highest BCUT2D eigenvalue weighted by molar-refractivity contribution is 5.97. The topological polar surface area (TPSA) is 66.8 Å². The Hall–Kier alpha value is -2.23. The molecule has 1 rings (SSSR count). The van der Waals surface area contributed by atoms with Gasteiger partial charge in [-0.3, -0.25) is 4.79 Å². The van der Waals surface area contributed by atoms with Gasteiger partial charge in [0.25, 0.3) is 0 Å². The fourth-order valence-electron chi connectivity index (χ4n) is 2.02. The molecular formula is C16H20O4. The number of carbonyl (C=O) groups excluding carboxylic acids is 1. The summed E-state index contributed by atoms with van der Waals surface area (Å²) in [6, 6.07) is 0. The van der Waals surface area contributed by atoms with E-state index in [1.54, 1.807) is 25.2 Å². The van der Waals surface area contributed by atoms with Gasteiger partial charge in [-0.15, -0.1) is 6.58 Å². The number of hydrogen-bond donors (Lipinski definition) is 2. The van der Waals surface area contributed by atoms with E-state index < -0.39 is 6.10 Å². The van der Waals surface area contributed by atoms with Crippen LogP contribution in [0.15, 0.2) is 59.8 Å². The van der Waals surface area contributed by atoms with Crippen molar-refractivity contribution in [2.75, 3.05) is 0 Å². The average molecular weight is 276 g/mol. The predicted octanol–water partition coefficient (Wildman–Crippen LogP) is 3.65. The van der Waals surface area contributed by atoms with Gasteiger partial charge < -0.3 is 14.9 Å². The van der Waals surface area contributed by atoms with Crippen LogP contribution in [0.3, 0.4) is 0 Å². The average Bonchev–Trinajstić information content (AvgIpc) is 2.32. The van der Waals surface area contributed by atoms with Crippen LogP contribution >= 0.6 is 0 Å². The van der Waals surface area contributed by atoms with E-state index in [2.05, 4.69) is 13.2 Å². The quantitative estimate of drug-likeness (QED) is 0.457. The number of ether oxygens (including phenoxy) is 1. The Morgan fingerprint density at radius 2 is 2.10 bits per heavy atom. The van der Waals surface area contributed by atoms with E-state index in [9.17, 15) is 15.0 Å². The van der Waals surface area contributed by atoms with Crippen molar-refractivity contribution < 1.29 is 19.7 Å². The Morgan fingerprint density at radius 1 is 1.45 bits per heavy atom. The first-order chi connectivity index (χ1) is 9.36. The van der Waals surface area contributed by atoms with Gasteiger partial charge >= 0.3 is 0 Å². The Balaban J connectivity index is 3.06. The van der Waals surface area contributed by atoms with Gasteiger partial charge in [-0.05, 0) is 31.9 Å². The van der Waals surface area contributed by atoms with Gasteiger partial charge in [0.15, 0.2) is 5.78 Å². The van der Waals surface area contributed by atoms with E-state index in [0.29, 0.717) is 6.42 Å². The normalized spacial score (nSPS) is 20.7. The highest BCUT2D eigenvalue weighted by atomic mass is 16.5. The first-order valence-electron chi connectivity index (χ1n) is 6.33. The predicted molar refractivity (Wildman–Crippen MR) is 78.2 cm³/mol. The van der Waals surface area contributed by atoms with Crippen molar-refractivity contribution >= 4 is 5.78 Å². The highest BCUT2D eigenvalue weighted by Gasteiger charge is 2.29. The number of Topliss-reactive ketones (excluding diaryl/α,β-unsaturated/α-hetero) is 1. The molecule has 0 fully saturated rings. The van der Waals surface area contributed by atoms with Crippen molar-refractivity contribution in [1.82, 2.24) is 0 Å². The molecule has 2 N–H and O–H groups in total. The summed E-state index contributed by atoms with van der Waals surface area (Å²) in [4.78, 5) is 11.4. The fraction of sp³-hybridized carbons (Fsp3) is 0.312. The second kappa shape index (κ2) is 6.80. The number of aliphatic hydroxyl groups excluding tert-OH is 2. The van der Waals surface area contributed by atoms with E-state index in [1.807, 2.05) is 0 Å². The summed E-state index contributed by atoms with van der Waals surface area (Å²) in [7, 11) is 0. The molecule has 0 aliphatic carbocycles. The zero-order valence-electron chi connectivity index (χ0n) is 11.8. The van der Waals surface area contributed by atoms with Crippen LogP contribution < -0.4 is 0 Å². The molecule has 108 valence electrons. The van der Waals surface area contributed by atoms with Gasteiger partial charge in [-0.1, -0.05) is 18.7 Å². The Bertz CT molecular complexity index is 517. The standard InChI is InChI=1S/C16H20O4/c1-5-6-13(8-7-10(2)17)15-9-14(19)16(11(3)18)12(4)20-15/h5,7-8,15,17,19H,1,4,6,9H2,2-3H3/b10-7+,13-8+/t15-/m0/s1. The van der Waals surface area contributed by atoms with Gasteiger partial charge in [-0.25, -0.2) is 0 Å². The van der Waals surface area contributed by atoms with Crippen LogP contribution in [0.5, 0.6) is 0 Å². The molecule has 1 atom stereocenters. The molecule has 20 heavy (non-hydrogen) atoms. The molecule has 0 aromatic carbocycles. The smallest absolute Gasteiger partial charge is 0.166 e. The van der Waals surface area contributed by atoms with Crippen molar-refractivity contribution in [3.05, 3.63) is 59.8 Å². The largest absolute Gasteiger partial charge is 0.513 e. The van der Waals surface area contributed by atoms with Crippen LogP contribution in [0.25, 0.3) is 0 Å². The van der Waals surface area contributed by atoms with Crippen molar-refractivity contribution in [2.45, 2.75) is 32.8 Å². The van der Waals surface area contributed by atoms with Gasteiger partial charge in [0.2, 0.25) is 0 Å². The maximum atomic E-state index is 11.4. The van der Waals surface area contributed by atoms with Crippen LogP contribution in [0.4, 0.5) is 0 Å². The number of hydrogen-bond acceptors (Lipinski definition) is 4. The van der Waals surface area contributed by atoms with Gasteiger partial charge in [-0.2, -0.15) is 0 Å². The summed E-state index contributed by atoms with van der Waals surface area (Å²) >= 11 is 0. The summed E-state index contributed by atoms with van der Waals surface area (Å²) in [5.74, 6) is 0.0565. The summed E-state index contributed by atoms with van der Waals surface area (Å²) in [6.45, 7) is 10.3. The maximum absolute atomic E-state index is 11.4. The van der Waals surface area contributed by atoms with Crippen LogP contribution in [0, 0.1) is 0 Å². The molecule has 1 aliphatic rings. The summed E-state index contributed by atoms with van der Waals surface area (Å²) in [5, 5.41) is 19.2. The van der Waals surface area contributed by atoms with E-state index in [4.69, 9.17) is 4.74 Å². The van der Waals surface area contributed by atoms with Gasteiger partial charge in [0, 0.05) is 6.42 Å². The lowest BCUT2D eigenvalue weighted by Crippen LogP contribution is -2.24. The zero-order valence-corrected chi connectivity index (χ0v) is 11.8. The maximum Gasteiger partial charge on any atom is 0.166 e. The number of ketones is 1. The lowest BCUT2D eigenvalue weighted by atomic mass is 9.95. The van der Waals surface area contributed by atoms with Crippen LogP contribution in [0.1, 0.15) is 26.7 Å². The molecule has 0 saturated carbocycles. The monoisotopic (exact) mass is 276 g/mol. The van der Waals surface area contributed by atoms with Crippen LogP contribution in [0.2, 0.25) is 0 Å². The van der Waals surface area contributed by atoms with Crippen molar-refractivity contribution in [1.29, 1.82) is 0 Å². The van der Waals surface area contributed by atoms with Gasteiger partial charge in [0.1, 0.15) is 17.6 Å². The summed E-state index contributed by atoms with van der Waals surface area (Å²) < 4.78 is 5.62. The third-order valence-corrected chi connectivity index (χ3v) is 2.91. The minimum absolute atomic E-state index is 0.0154. The third-order valence-electron chi connectivity index (χ3n) is 2.91. The number of rotatable bonds is 5. The minimum atomic E-state index is -0.417. The second-order valence-corrected chi connectivity index (χ2v) is 4.65. The molecule has 0 spiro atoms. The molecule has 4 nitrogen and oxygen atoms in total. The molecule has 0 radical (unpaired) electrons. The van der Waals surface area contributed by atoms with E-state index in [1.165, 1.54) is 6.92 Å². The molecule has 0 unspecified atom stereocenters. The summed E-state index contributed by atoms with van der Waals surface area (Å²) in [6.07, 6.45) is 5.31. The number of carbonyl (C=O) groups is 1. The Kier molecular flexibility index (Phi) is 5.38. The highest BCUT2D eigenvalue weighted by Crippen LogP contribution is 2.31. The lowest BCUT2D eigenvalue weighted by molar-refractivity contribution is -0.114. The molecule has 0 saturated heterocycles. The second-order valence-electron chi connectivity index (χ2n) is 4.65. The molecule has 1 heterocycles. The summed E-state index contributed by atoms with van der Waals surface area (Å²) in [5.41, 5.74) is 0.983. The van der Waals surface area contributed by atoms with Crippen LogP contribution in [-0.2, 0) is 9.53 Å². The molecule has 0 aromatic rings. The molecule has 0 bridgehead atoms. The molecule has 1 aliphatic heterocycles. The van der Waals surface area contributed by atoms with Crippen molar-refractivity contribution in [2.24, 2.45) is 0 Å². The lowest BCUT2D eigenvalue weighted by Gasteiger charge is -2.28. The number of allylic oxidation sites excluding steroid dienone is 5. The minimum Gasteiger partial charge on any atom is -0.513 e. The SMILES string of the molecule is C=CC/C(=C\C=C(/C)O)[C@@H]1CC(O)=C(C(C)=O)C(=C)O1. The first-order valence-corrected chi connectivity index (χ1v) is 6.33. The number of aliphatic hydroxyl groups is 2. The molecule has 0 aromatic heterocycles. The third kappa shape index (κ3) is 3.88. The zero-order chi connectivity index (χ0) is 15.3. The van der Waals surface area contributed by atoms with Crippen molar-refractivity contribution in [3.8, 4) is 0 Å². The Labute approximate surface area is 119 Å².